The number of sulfonamides is 1. The molecule has 0 bridgehead atoms. The Morgan fingerprint density at radius 3 is 2.04 bits per heavy atom. The number of ether oxygens (including phenoxy) is 1. The minimum atomic E-state index is -4.68. The van der Waals surface area contributed by atoms with E-state index in [0.29, 0.717) is 13.1 Å². The maximum atomic E-state index is 13.1. The zero-order chi connectivity index (χ0) is 32.2. The Kier molecular flexibility index (Phi) is 9.16. The van der Waals surface area contributed by atoms with Crippen molar-refractivity contribution in [3.8, 4) is 17.1 Å². The molecule has 9 nitrogen and oxygen atoms in total. The highest BCUT2D eigenvalue weighted by Crippen LogP contribution is 2.31. The summed E-state index contributed by atoms with van der Waals surface area (Å²) >= 11 is 0. The maximum Gasteiger partial charge on any atom is 0.422 e. The lowest BCUT2D eigenvalue weighted by Crippen LogP contribution is -2.27. The number of nitrogens with zero attached hydrogens (tertiary/aromatic N) is 4. The van der Waals surface area contributed by atoms with Gasteiger partial charge in [-0.1, -0.05) is 42.5 Å². The fourth-order valence-electron chi connectivity index (χ4n) is 4.50. The molecule has 0 saturated carbocycles. The number of anilines is 3. The van der Waals surface area contributed by atoms with Crippen LogP contribution in [0.2, 0.25) is 0 Å². The molecule has 1 fully saturated rings. The van der Waals surface area contributed by atoms with Gasteiger partial charge in [0.2, 0.25) is 21.9 Å². The third-order valence-corrected chi connectivity index (χ3v) is 8.63. The molecule has 0 aliphatic carbocycles. The van der Waals surface area contributed by atoms with Crippen LogP contribution in [-0.2, 0) is 22.7 Å². The lowest BCUT2D eigenvalue weighted by atomic mass is 10.0. The first-order chi connectivity index (χ1) is 21.3. The van der Waals surface area contributed by atoms with Gasteiger partial charge in [0.15, 0.2) is 6.61 Å². The Labute approximate surface area is 254 Å². The Hall–Kier alpha value is -4.44. The molecule has 0 radical (unpaired) electrons. The van der Waals surface area contributed by atoms with Crippen LogP contribution in [0.25, 0.3) is 11.1 Å². The summed E-state index contributed by atoms with van der Waals surface area (Å²) in [5.74, 6) is -0.523. The van der Waals surface area contributed by atoms with E-state index >= 15 is 0 Å². The standard InChI is InChI=1S/C29H26F6N6O3S/c30-28(31,32)18-44-27-39-25(38-26(40-27)37-23-5-3-4-22(16-23)29(33,34)35)36-17-19-6-8-20(9-7-19)21-10-12-24(13-11-21)45(42,43)41-14-1-2-15-41/h3-13,16H,1-2,14-15,17-18H2,(H2,36,37,38,39,40). The van der Waals surface area contributed by atoms with Crippen LogP contribution in [0.5, 0.6) is 6.01 Å². The summed E-state index contributed by atoms with van der Waals surface area (Å²) in [6, 6.07) is 17.2. The van der Waals surface area contributed by atoms with E-state index in [1.165, 1.54) is 10.4 Å². The normalized spacial score (nSPS) is 14.4. The van der Waals surface area contributed by atoms with Crippen molar-refractivity contribution in [1.82, 2.24) is 19.3 Å². The molecular formula is C29H26F6N6O3S. The lowest BCUT2D eigenvalue weighted by Gasteiger charge is -2.15. The predicted molar refractivity (Wildman–Crippen MR) is 153 cm³/mol. The van der Waals surface area contributed by atoms with Crippen LogP contribution in [0.1, 0.15) is 24.0 Å². The number of alkyl halides is 6. The average Bonchev–Trinajstić information content (AvgIpc) is 3.55. The van der Waals surface area contributed by atoms with Gasteiger partial charge in [-0.25, -0.2) is 8.42 Å². The van der Waals surface area contributed by atoms with Crippen molar-refractivity contribution < 1.29 is 39.5 Å². The lowest BCUT2D eigenvalue weighted by molar-refractivity contribution is -0.154. The van der Waals surface area contributed by atoms with Crippen LogP contribution in [0.3, 0.4) is 0 Å². The van der Waals surface area contributed by atoms with E-state index in [0.717, 1.165) is 47.7 Å². The molecule has 0 spiro atoms. The molecule has 1 aliphatic rings. The first-order valence-corrected chi connectivity index (χ1v) is 15.0. The van der Waals surface area contributed by atoms with Crippen LogP contribution < -0.4 is 15.4 Å². The largest absolute Gasteiger partial charge is 0.454 e. The second-order valence-electron chi connectivity index (χ2n) is 10.1. The molecule has 3 aromatic carbocycles. The molecule has 0 unspecified atom stereocenters. The van der Waals surface area contributed by atoms with Crippen LogP contribution in [0, 0.1) is 0 Å². The molecule has 0 amide bonds. The van der Waals surface area contributed by atoms with Gasteiger partial charge in [-0.3, -0.25) is 0 Å². The molecule has 238 valence electrons. The van der Waals surface area contributed by atoms with Gasteiger partial charge in [0, 0.05) is 25.3 Å². The van der Waals surface area contributed by atoms with Gasteiger partial charge in [0.25, 0.3) is 0 Å². The molecule has 1 aromatic heterocycles. The number of aromatic nitrogens is 3. The highest BCUT2D eigenvalue weighted by molar-refractivity contribution is 7.89. The van der Waals surface area contributed by atoms with E-state index in [2.05, 4.69) is 30.3 Å². The number of nitrogens with one attached hydrogen (secondary N) is 2. The van der Waals surface area contributed by atoms with E-state index in [-0.39, 0.29) is 29.0 Å². The predicted octanol–water partition coefficient (Wildman–Crippen LogP) is 6.64. The summed E-state index contributed by atoms with van der Waals surface area (Å²) in [5, 5.41) is 5.40. The number of hydrogen-bond donors (Lipinski definition) is 2. The third kappa shape index (κ3) is 8.39. The molecule has 5 rings (SSSR count). The van der Waals surface area contributed by atoms with Crippen LogP contribution >= 0.6 is 0 Å². The third-order valence-electron chi connectivity index (χ3n) is 6.72. The van der Waals surface area contributed by atoms with Gasteiger partial charge < -0.3 is 15.4 Å². The molecule has 1 aliphatic heterocycles. The fraction of sp³-hybridized carbons (Fsp3) is 0.276. The fourth-order valence-corrected chi connectivity index (χ4v) is 6.01. The minimum Gasteiger partial charge on any atom is -0.454 e. The van der Waals surface area contributed by atoms with Crippen LogP contribution in [0.15, 0.2) is 77.7 Å². The average molecular weight is 653 g/mol. The Morgan fingerprint density at radius 1 is 0.800 bits per heavy atom. The van der Waals surface area contributed by atoms with Gasteiger partial charge in [-0.2, -0.15) is 45.6 Å². The minimum absolute atomic E-state index is 0.0546. The molecule has 45 heavy (non-hydrogen) atoms. The summed E-state index contributed by atoms with van der Waals surface area (Å²) in [6.07, 6.45) is -7.61. The smallest absolute Gasteiger partial charge is 0.422 e. The van der Waals surface area contributed by atoms with Gasteiger partial charge in [0.1, 0.15) is 0 Å². The van der Waals surface area contributed by atoms with Crippen molar-refractivity contribution in [1.29, 1.82) is 0 Å². The SMILES string of the molecule is O=S(=O)(c1ccc(-c2ccc(CNc3nc(Nc4cccc(C(F)(F)F)c4)nc(OCC(F)(F)F)n3)cc2)cc1)N1CCCC1. The zero-order valence-corrected chi connectivity index (χ0v) is 24.2. The highest BCUT2D eigenvalue weighted by atomic mass is 32.2. The van der Waals surface area contributed by atoms with E-state index in [1.807, 2.05) is 12.1 Å². The Morgan fingerprint density at radius 2 is 1.42 bits per heavy atom. The maximum absolute atomic E-state index is 13.1. The summed E-state index contributed by atoms with van der Waals surface area (Å²) in [7, 11) is -3.53. The van der Waals surface area contributed by atoms with Crippen molar-refractivity contribution in [3.05, 3.63) is 83.9 Å². The molecule has 0 atom stereocenters. The first kappa shape index (κ1) is 32.0. The Balaban J connectivity index is 1.28. The molecule has 2 heterocycles. The summed E-state index contributed by atoms with van der Waals surface area (Å²) in [4.78, 5) is 11.9. The highest BCUT2D eigenvalue weighted by Gasteiger charge is 2.31. The van der Waals surface area contributed by atoms with Crippen molar-refractivity contribution in [3.63, 3.8) is 0 Å². The number of benzene rings is 3. The molecule has 4 aromatic rings. The monoisotopic (exact) mass is 652 g/mol. The van der Waals surface area contributed by atoms with E-state index in [4.69, 9.17) is 0 Å². The number of rotatable bonds is 10. The summed E-state index contributed by atoms with van der Waals surface area (Å²) in [5.41, 5.74) is 1.35. The van der Waals surface area contributed by atoms with Gasteiger partial charge in [0.05, 0.1) is 10.5 Å². The molecule has 1 saturated heterocycles. The molecular weight excluding hydrogens is 626 g/mol. The van der Waals surface area contributed by atoms with E-state index in [9.17, 15) is 34.8 Å². The van der Waals surface area contributed by atoms with Crippen LogP contribution in [0.4, 0.5) is 43.9 Å². The van der Waals surface area contributed by atoms with Crippen LogP contribution in [-0.4, -0.2) is 53.5 Å². The summed E-state index contributed by atoms with van der Waals surface area (Å²) in [6.45, 7) is -0.537. The van der Waals surface area contributed by atoms with Crippen molar-refractivity contribution >= 4 is 27.6 Å². The number of hydrogen-bond acceptors (Lipinski definition) is 8. The quantitative estimate of drug-likeness (QED) is 0.184. The zero-order valence-electron chi connectivity index (χ0n) is 23.4. The van der Waals surface area contributed by atoms with Crippen molar-refractivity contribution in [2.75, 3.05) is 30.3 Å². The van der Waals surface area contributed by atoms with Gasteiger partial charge >= 0.3 is 18.4 Å². The topological polar surface area (TPSA) is 109 Å². The van der Waals surface area contributed by atoms with Gasteiger partial charge in [-0.15, -0.1) is 0 Å². The van der Waals surface area contributed by atoms with E-state index < -0.39 is 40.6 Å². The molecule has 2 N–H and O–H groups in total. The summed E-state index contributed by atoms with van der Waals surface area (Å²) < 4.78 is 109. The second-order valence-corrected chi connectivity index (χ2v) is 12.0. The molecule has 16 heteroatoms. The Bertz CT molecular complexity index is 1730. The number of halogens is 6. The van der Waals surface area contributed by atoms with Gasteiger partial charge in [-0.05, 0) is 59.9 Å². The second kappa shape index (κ2) is 12.9. The first-order valence-electron chi connectivity index (χ1n) is 13.6. The van der Waals surface area contributed by atoms with Crippen molar-refractivity contribution in [2.45, 2.75) is 36.6 Å². The van der Waals surface area contributed by atoms with E-state index in [1.54, 1.807) is 36.4 Å². The van der Waals surface area contributed by atoms with Crippen molar-refractivity contribution in [2.24, 2.45) is 0 Å².